The minimum Gasteiger partial charge on any atom is -0.348 e. The van der Waals surface area contributed by atoms with Gasteiger partial charge in [-0.2, -0.15) is 0 Å². The maximum atomic E-state index is 13.1. The molecule has 2 heterocycles. The number of hydrogen-bond acceptors (Lipinski definition) is 4. The van der Waals surface area contributed by atoms with E-state index in [2.05, 4.69) is 4.98 Å². The highest BCUT2D eigenvalue weighted by molar-refractivity contribution is 6.30. The van der Waals surface area contributed by atoms with Crippen LogP contribution in [0.2, 0.25) is 5.15 Å². The molecule has 0 unspecified atom stereocenters. The van der Waals surface area contributed by atoms with E-state index in [4.69, 9.17) is 11.6 Å². The molecule has 17 heavy (non-hydrogen) atoms. The van der Waals surface area contributed by atoms with Crippen LogP contribution < -0.4 is 4.90 Å². The standard InChI is InChI=1S/C10H11ClFN3O2/c1-6-4-8(15(16)17)10(13-9(6)11)14-3-2-7(12)5-14/h4,7H,2-3,5H2,1H3/t7-/m1/s1. The number of rotatable bonds is 2. The summed E-state index contributed by atoms with van der Waals surface area (Å²) in [6, 6.07) is 1.37. The summed E-state index contributed by atoms with van der Waals surface area (Å²) < 4.78 is 13.1. The third-order valence-corrected chi connectivity index (χ3v) is 3.12. The van der Waals surface area contributed by atoms with Crippen molar-refractivity contribution in [2.45, 2.75) is 19.5 Å². The van der Waals surface area contributed by atoms with Crippen molar-refractivity contribution in [1.29, 1.82) is 0 Å². The van der Waals surface area contributed by atoms with Gasteiger partial charge < -0.3 is 4.90 Å². The Balaban J connectivity index is 2.44. The van der Waals surface area contributed by atoms with E-state index in [-0.39, 0.29) is 23.2 Å². The number of pyridine rings is 1. The summed E-state index contributed by atoms with van der Waals surface area (Å²) in [6.45, 7) is 2.20. The van der Waals surface area contributed by atoms with Crippen LogP contribution in [0.5, 0.6) is 0 Å². The molecule has 0 spiro atoms. The second-order valence-electron chi connectivity index (χ2n) is 4.03. The number of aromatic nitrogens is 1. The lowest BCUT2D eigenvalue weighted by Gasteiger charge is -2.16. The molecule has 1 aliphatic heterocycles. The molecule has 5 nitrogen and oxygen atoms in total. The summed E-state index contributed by atoms with van der Waals surface area (Å²) in [5.74, 6) is 0.158. The predicted molar refractivity (Wildman–Crippen MR) is 62.4 cm³/mol. The molecule has 1 atom stereocenters. The Morgan fingerprint density at radius 1 is 1.71 bits per heavy atom. The van der Waals surface area contributed by atoms with Crippen molar-refractivity contribution in [3.05, 3.63) is 26.9 Å². The molecule has 0 bridgehead atoms. The van der Waals surface area contributed by atoms with Gasteiger partial charge in [0.05, 0.1) is 11.5 Å². The van der Waals surface area contributed by atoms with Crippen molar-refractivity contribution in [2.75, 3.05) is 18.0 Å². The van der Waals surface area contributed by atoms with Gasteiger partial charge >= 0.3 is 5.69 Å². The van der Waals surface area contributed by atoms with Crippen LogP contribution in [0.15, 0.2) is 6.07 Å². The van der Waals surface area contributed by atoms with E-state index < -0.39 is 11.1 Å². The quantitative estimate of drug-likeness (QED) is 0.465. The molecule has 92 valence electrons. The summed E-state index contributed by atoms with van der Waals surface area (Å²) in [4.78, 5) is 16.0. The summed E-state index contributed by atoms with van der Waals surface area (Å²) >= 11 is 5.85. The molecule has 1 aliphatic rings. The molecule has 0 radical (unpaired) electrons. The summed E-state index contributed by atoms with van der Waals surface area (Å²) in [7, 11) is 0. The molecule has 0 aliphatic carbocycles. The van der Waals surface area contributed by atoms with Crippen LogP contribution in [-0.4, -0.2) is 29.2 Å². The van der Waals surface area contributed by atoms with Crippen LogP contribution >= 0.6 is 11.6 Å². The molecule has 2 rings (SSSR count). The number of halogens is 2. The van der Waals surface area contributed by atoms with Gasteiger partial charge in [0.15, 0.2) is 0 Å². The molecular formula is C10H11ClFN3O2. The Morgan fingerprint density at radius 3 is 2.94 bits per heavy atom. The van der Waals surface area contributed by atoms with Crippen LogP contribution in [0.25, 0.3) is 0 Å². The van der Waals surface area contributed by atoms with Gasteiger partial charge in [0.25, 0.3) is 0 Å². The van der Waals surface area contributed by atoms with Gasteiger partial charge in [-0.05, 0) is 18.9 Å². The number of aryl methyl sites for hydroxylation is 1. The maximum Gasteiger partial charge on any atom is 0.311 e. The van der Waals surface area contributed by atoms with E-state index in [9.17, 15) is 14.5 Å². The number of anilines is 1. The minimum atomic E-state index is -0.962. The molecule has 0 amide bonds. The molecule has 1 saturated heterocycles. The molecule has 0 saturated carbocycles. The van der Waals surface area contributed by atoms with E-state index in [1.54, 1.807) is 11.8 Å². The van der Waals surface area contributed by atoms with Crippen molar-refractivity contribution in [1.82, 2.24) is 4.98 Å². The Kier molecular flexibility index (Phi) is 3.15. The molecule has 0 aromatic carbocycles. The monoisotopic (exact) mass is 259 g/mol. The normalized spacial score (nSPS) is 19.7. The largest absolute Gasteiger partial charge is 0.348 e. The molecule has 1 fully saturated rings. The summed E-state index contributed by atoms with van der Waals surface area (Å²) in [5.41, 5.74) is 0.416. The number of nitrogens with zero attached hydrogens (tertiary/aromatic N) is 3. The highest BCUT2D eigenvalue weighted by atomic mass is 35.5. The first-order chi connectivity index (χ1) is 7.99. The van der Waals surface area contributed by atoms with Crippen LogP contribution in [0.3, 0.4) is 0 Å². The van der Waals surface area contributed by atoms with Crippen molar-refractivity contribution in [3.63, 3.8) is 0 Å². The van der Waals surface area contributed by atoms with Gasteiger partial charge in [0.2, 0.25) is 5.82 Å². The SMILES string of the molecule is Cc1cc([N+](=O)[O-])c(N2CC[C@@H](F)C2)nc1Cl. The Labute approximate surface area is 102 Å². The van der Waals surface area contributed by atoms with E-state index in [1.807, 2.05) is 0 Å². The Bertz CT molecular complexity index is 469. The Hall–Kier alpha value is -1.43. The van der Waals surface area contributed by atoms with E-state index in [0.717, 1.165) is 0 Å². The zero-order chi connectivity index (χ0) is 12.6. The number of hydrogen-bond donors (Lipinski definition) is 0. The third-order valence-electron chi connectivity index (χ3n) is 2.74. The van der Waals surface area contributed by atoms with Gasteiger partial charge in [-0.25, -0.2) is 9.37 Å². The van der Waals surface area contributed by atoms with Crippen molar-refractivity contribution >= 4 is 23.1 Å². The predicted octanol–water partition coefficient (Wildman–Crippen LogP) is 2.50. The van der Waals surface area contributed by atoms with Gasteiger partial charge in [-0.3, -0.25) is 10.1 Å². The highest BCUT2D eigenvalue weighted by Crippen LogP contribution is 2.32. The fourth-order valence-electron chi connectivity index (χ4n) is 1.84. The Morgan fingerprint density at radius 2 is 2.41 bits per heavy atom. The fourth-order valence-corrected chi connectivity index (χ4v) is 1.98. The lowest BCUT2D eigenvalue weighted by atomic mass is 10.2. The highest BCUT2D eigenvalue weighted by Gasteiger charge is 2.29. The zero-order valence-electron chi connectivity index (χ0n) is 9.19. The van der Waals surface area contributed by atoms with E-state index in [1.165, 1.54) is 6.07 Å². The average Bonchev–Trinajstić information content (AvgIpc) is 2.68. The zero-order valence-corrected chi connectivity index (χ0v) is 9.95. The molecule has 1 aromatic heterocycles. The fraction of sp³-hybridized carbons (Fsp3) is 0.500. The molecule has 7 heteroatoms. The van der Waals surface area contributed by atoms with Crippen molar-refractivity contribution < 1.29 is 9.31 Å². The van der Waals surface area contributed by atoms with Gasteiger partial charge in [0.1, 0.15) is 11.3 Å². The molecule has 0 N–H and O–H groups in total. The summed E-state index contributed by atoms with van der Waals surface area (Å²) in [6.07, 6.45) is -0.596. The second-order valence-corrected chi connectivity index (χ2v) is 4.39. The van der Waals surface area contributed by atoms with E-state index >= 15 is 0 Å². The topological polar surface area (TPSA) is 59.3 Å². The van der Waals surface area contributed by atoms with Crippen LogP contribution in [0.1, 0.15) is 12.0 Å². The first kappa shape index (κ1) is 12.0. The van der Waals surface area contributed by atoms with Crippen molar-refractivity contribution in [2.24, 2.45) is 0 Å². The van der Waals surface area contributed by atoms with Crippen LogP contribution in [0, 0.1) is 17.0 Å². The first-order valence-corrected chi connectivity index (χ1v) is 5.57. The maximum absolute atomic E-state index is 13.1. The van der Waals surface area contributed by atoms with Gasteiger partial charge in [-0.1, -0.05) is 11.6 Å². The van der Waals surface area contributed by atoms with Crippen LogP contribution in [-0.2, 0) is 0 Å². The summed E-state index contributed by atoms with van der Waals surface area (Å²) in [5, 5.41) is 11.1. The smallest absolute Gasteiger partial charge is 0.311 e. The average molecular weight is 260 g/mol. The number of alkyl halides is 1. The second kappa shape index (κ2) is 4.44. The lowest BCUT2D eigenvalue weighted by Crippen LogP contribution is -2.22. The molecular weight excluding hydrogens is 249 g/mol. The number of nitro groups is 1. The minimum absolute atomic E-state index is 0.124. The van der Waals surface area contributed by atoms with Crippen LogP contribution in [0.4, 0.5) is 15.9 Å². The third kappa shape index (κ3) is 2.31. The van der Waals surface area contributed by atoms with Crippen molar-refractivity contribution in [3.8, 4) is 0 Å². The lowest BCUT2D eigenvalue weighted by molar-refractivity contribution is -0.384. The first-order valence-electron chi connectivity index (χ1n) is 5.19. The van der Waals surface area contributed by atoms with Gasteiger partial charge in [-0.15, -0.1) is 0 Å². The molecule has 1 aromatic rings. The van der Waals surface area contributed by atoms with Gasteiger partial charge in [0, 0.05) is 12.6 Å². The van der Waals surface area contributed by atoms with E-state index in [0.29, 0.717) is 18.5 Å².